The number of unbranched alkanes of at least 4 members (excludes halogenated alkanes) is 15. The second kappa shape index (κ2) is 23.4. The van der Waals surface area contributed by atoms with Crippen LogP contribution < -0.4 is 5.34 Å². The summed E-state index contributed by atoms with van der Waals surface area (Å²) in [4.78, 5) is 8.12. The lowest BCUT2D eigenvalue weighted by atomic mass is 10.0. The molecule has 0 aliphatic carbocycles. The first-order valence-electron chi connectivity index (χ1n) is 11.5. The van der Waals surface area contributed by atoms with Gasteiger partial charge in [-0.05, 0) is 12.8 Å². The summed E-state index contributed by atoms with van der Waals surface area (Å²) in [6.45, 7) is 4.70. The van der Waals surface area contributed by atoms with Gasteiger partial charge in [-0.3, -0.25) is 10.1 Å². The third-order valence-corrected chi connectivity index (χ3v) is 5.32. The summed E-state index contributed by atoms with van der Waals surface area (Å²) in [5, 5.41) is 17.4. The predicted molar refractivity (Wildman–Crippen MR) is 116 cm³/mol. The van der Waals surface area contributed by atoms with Crippen molar-refractivity contribution < 1.29 is 14.9 Å². The molecule has 5 heteroatoms. The molecule has 0 aromatic carbocycles. The van der Waals surface area contributed by atoms with E-state index in [0.29, 0.717) is 6.61 Å². The number of aliphatic hydroxyl groups excluding tert-OH is 1. The van der Waals surface area contributed by atoms with Crippen molar-refractivity contribution in [1.29, 1.82) is 0 Å². The number of rotatable bonds is 19. The largest absolute Gasteiger partial charge is 0.391 e. The Morgan fingerprint density at radius 1 is 0.667 bits per heavy atom. The Bertz CT molecular complexity index is 287. The molecule has 0 heterocycles. The van der Waals surface area contributed by atoms with Crippen molar-refractivity contribution >= 4 is 0 Å². The highest BCUT2D eigenvalue weighted by atomic mass is 16.6. The van der Waals surface area contributed by atoms with Crippen molar-refractivity contribution in [2.24, 2.45) is 0 Å². The van der Waals surface area contributed by atoms with Crippen LogP contribution in [0.1, 0.15) is 110 Å². The van der Waals surface area contributed by atoms with Gasteiger partial charge in [0.25, 0.3) is 0 Å². The summed E-state index contributed by atoms with van der Waals surface area (Å²) in [5.41, 5.74) is 0. The molecule has 0 aliphatic heterocycles. The molecule has 0 aromatic heterocycles. The molecule has 2 N–H and O–H groups in total. The van der Waals surface area contributed by atoms with Crippen molar-refractivity contribution in [3.05, 3.63) is 10.1 Å². The summed E-state index contributed by atoms with van der Waals surface area (Å²) < 4.78 is 0.967. The summed E-state index contributed by atoms with van der Waals surface area (Å²) >= 11 is 0. The minimum Gasteiger partial charge on any atom is -0.391 e. The average molecular weight is 390 g/mol. The molecule has 0 atom stereocenters. The van der Waals surface area contributed by atoms with Crippen LogP contribution in [-0.2, 0) is 0 Å². The Hall–Kier alpha value is -0.680. The normalized spacial score (nSPS) is 11.1. The second-order valence-electron chi connectivity index (χ2n) is 8.49. The zero-order valence-electron chi connectivity index (χ0n) is 18.6. The first kappa shape index (κ1) is 28.5. The maximum absolute atomic E-state index is 9.02. The summed E-state index contributed by atoms with van der Waals surface area (Å²) in [5.74, 6) is 0. The van der Waals surface area contributed by atoms with E-state index in [0.717, 1.165) is 11.0 Å². The number of aliphatic hydroxyl groups is 1. The van der Waals surface area contributed by atoms with Crippen molar-refractivity contribution in [3.63, 3.8) is 0 Å². The highest BCUT2D eigenvalue weighted by molar-refractivity contribution is 4.50. The second-order valence-corrected chi connectivity index (χ2v) is 8.49. The molecule has 0 saturated carbocycles. The Labute approximate surface area is 169 Å². The first-order valence-corrected chi connectivity index (χ1v) is 11.5. The van der Waals surface area contributed by atoms with Gasteiger partial charge in [0.15, 0.2) is 0 Å². The highest BCUT2D eigenvalue weighted by Crippen LogP contribution is 2.14. The fraction of sp³-hybridized carbons (Fsp3) is 1.00. The number of likely N-dealkylation sites (N-methyl/N-ethyl adjacent to an activating group) is 1. The van der Waals surface area contributed by atoms with E-state index in [-0.39, 0.29) is 5.34 Å². The number of hydrogen-bond acceptors (Lipinski definition) is 3. The van der Waals surface area contributed by atoms with Crippen LogP contribution >= 0.6 is 0 Å². The topological polar surface area (TPSA) is 74.3 Å². The Morgan fingerprint density at radius 3 is 1.26 bits per heavy atom. The van der Waals surface area contributed by atoms with Crippen molar-refractivity contribution in [1.82, 2.24) is 0 Å². The van der Waals surface area contributed by atoms with Gasteiger partial charge in [0.1, 0.15) is 6.54 Å². The van der Waals surface area contributed by atoms with Crippen LogP contribution in [0.5, 0.6) is 0 Å². The maximum Gasteiger partial charge on any atom is 0.102 e. The molecule has 0 amide bonds. The number of quaternary nitrogens is 1. The Balaban J connectivity index is 0. The molecule has 5 nitrogen and oxygen atoms in total. The average Bonchev–Trinajstić information content (AvgIpc) is 2.62. The first-order chi connectivity index (χ1) is 13.0. The molecule has 164 valence electrons. The maximum atomic E-state index is 9.02. The van der Waals surface area contributed by atoms with Gasteiger partial charge < -0.3 is 9.59 Å². The lowest BCUT2D eigenvalue weighted by molar-refractivity contribution is -0.890. The van der Waals surface area contributed by atoms with Gasteiger partial charge in [-0.1, -0.05) is 96.8 Å². The summed E-state index contributed by atoms with van der Waals surface area (Å²) in [7, 11) is 4.45. The highest BCUT2D eigenvalue weighted by Gasteiger charge is 2.12. The van der Waals surface area contributed by atoms with Crippen LogP contribution in [0.25, 0.3) is 0 Å². The zero-order chi connectivity index (χ0) is 20.6. The Morgan fingerprint density at radius 2 is 0.963 bits per heavy atom. The van der Waals surface area contributed by atoms with E-state index in [1.54, 1.807) is 0 Å². The van der Waals surface area contributed by atoms with Crippen molar-refractivity contribution in [2.45, 2.75) is 110 Å². The minimum absolute atomic E-state index is 0.250. The molecule has 0 bridgehead atoms. The van der Waals surface area contributed by atoms with Crippen LogP contribution in [-0.4, -0.2) is 43.4 Å². The minimum atomic E-state index is 0.250. The van der Waals surface area contributed by atoms with Gasteiger partial charge in [0.2, 0.25) is 0 Å². The van der Waals surface area contributed by atoms with Crippen LogP contribution in [0.15, 0.2) is 0 Å². The van der Waals surface area contributed by atoms with Gasteiger partial charge in [-0.15, -0.1) is 0 Å². The fourth-order valence-electron chi connectivity index (χ4n) is 3.47. The molecular weight excluding hydrogens is 340 g/mol. The molecule has 0 spiro atoms. The lowest BCUT2D eigenvalue weighted by Gasteiger charge is -2.28. The SMILES string of the molecule is CCCCCCCCCCCCCCCCCC[N+](C)(C)CCO.O=[NH+][O-]. The molecule has 0 fully saturated rings. The standard InChI is InChI=1S/C22H48NO.HNO2/c1-4-5-6-7-8-9-10-11-12-13-14-15-16-17-18-19-20-23(2,3)21-22-24;2-1-3/h24H,4-22H2,1-3H3;1H/q+1;. The summed E-state index contributed by atoms with van der Waals surface area (Å²) in [6, 6.07) is 0. The van der Waals surface area contributed by atoms with Gasteiger partial charge in [-0.25, -0.2) is 0 Å². The molecular formula is C22H49N2O3+. The van der Waals surface area contributed by atoms with E-state index in [9.17, 15) is 0 Å². The van der Waals surface area contributed by atoms with E-state index in [1.165, 1.54) is 109 Å². The zero-order valence-corrected chi connectivity index (χ0v) is 18.6. The van der Waals surface area contributed by atoms with E-state index >= 15 is 0 Å². The fourth-order valence-corrected chi connectivity index (χ4v) is 3.47. The number of nitrogens with zero attached hydrogens (tertiary/aromatic N) is 1. The van der Waals surface area contributed by atoms with Crippen LogP contribution in [0.2, 0.25) is 0 Å². The van der Waals surface area contributed by atoms with E-state index in [4.69, 9.17) is 15.2 Å². The van der Waals surface area contributed by atoms with Crippen molar-refractivity contribution in [2.75, 3.05) is 33.8 Å². The monoisotopic (exact) mass is 389 g/mol. The molecule has 0 aliphatic rings. The molecule has 0 aromatic rings. The Kier molecular flexibility index (Phi) is 24.7. The quantitative estimate of drug-likeness (QED) is 0.146. The molecule has 0 rings (SSSR count). The smallest absolute Gasteiger partial charge is 0.102 e. The van der Waals surface area contributed by atoms with E-state index < -0.39 is 0 Å². The van der Waals surface area contributed by atoms with Crippen molar-refractivity contribution in [3.8, 4) is 0 Å². The number of nitrogens with one attached hydrogen (secondary N) is 1. The van der Waals surface area contributed by atoms with E-state index in [1.807, 2.05) is 0 Å². The third-order valence-electron chi connectivity index (χ3n) is 5.32. The molecule has 0 unspecified atom stereocenters. The predicted octanol–water partition coefficient (Wildman–Crippen LogP) is 4.65. The molecule has 0 radical (unpaired) electrons. The lowest BCUT2D eigenvalue weighted by Crippen LogP contribution is -2.53. The van der Waals surface area contributed by atoms with Gasteiger partial charge >= 0.3 is 0 Å². The van der Waals surface area contributed by atoms with Gasteiger partial charge in [0, 0.05) is 5.34 Å². The van der Waals surface area contributed by atoms with Crippen LogP contribution in [0.3, 0.4) is 0 Å². The van der Waals surface area contributed by atoms with E-state index in [2.05, 4.69) is 21.0 Å². The van der Waals surface area contributed by atoms with Crippen LogP contribution in [0.4, 0.5) is 0 Å². The van der Waals surface area contributed by atoms with Crippen LogP contribution in [0, 0.1) is 10.1 Å². The molecule has 27 heavy (non-hydrogen) atoms. The third kappa shape index (κ3) is 27.6. The molecule has 0 saturated heterocycles. The number of hydrogen-bond donors (Lipinski definition) is 2. The van der Waals surface area contributed by atoms with Gasteiger partial charge in [0.05, 0.1) is 27.2 Å². The van der Waals surface area contributed by atoms with Gasteiger partial charge in [-0.2, -0.15) is 0 Å². The summed E-state index contributed by atoms with van der Waals surface area (Å²) in [6.07, 6.45) is 22.9.